The van der Waals surface area contributed by atoms with E-state index in [0.717, 1.165) is 11.1 Å². The van der Waals surface area contributed by atoms with E-state index in [0.29, 0.717) is 0 Å². The van der Waals surface area contributed by atoms with Crippen molar-refractivity contribution in [2.75, 3.05) is 0 Å². The van der Waals surface area contributed by atoms with E-state index in [1.54, 1.807) is 31.2 Å². The van der Waals surface area contributed by atoms with E-state index in [-0.39, 0.29) is 17.4 Å². The minimum Gasteiger partial charge on any atom is -0.389 e. The third-order valence-corrected chi connectivity index (χ3v) is 6.80. The van der Waals surface area contributed by atoms with E-state index in [1.165, 1.54) is 0 Å². The number of hydrogen-bond acceptors (Lipinski definition) is 4. The van der Waals surface area contributed by atoms with Gasteiger partial charge in [0.1, 0.15) is 0 Å². The lowest BCUT2D eigenvalue weighted by Gasteiger charge is -2.37. The van der Waals surface area contributed by atoms with Crippen LogP contribution in [0.25, 0.3) is 0 Å². The quantitative estimate of drug-likeness (QED) is 0.928. The van der Waals surface area contributed by atoms with Gasteiger partial charge in [0, 0.05) is 0 Å². The Bertz CT molecular complexity index is 784. The summed E-state index contributed by atoms with van der Waals surface area (Å²) in [6.45, 7) is 3.63. The standard InChI is InChI=1S/C19H22O4S/c1-13-8-10-16(11-9-13)24(21,22)18-12-17(23-14(2)19(18)20)15-6-4-3-5-7-15/h3-11,14,17-20H,12H2,1-2H3/t14-,17+,18+,19+/m1/s1. The molecule has 1 saturated heterocycles. The van der Waals surface area contributed by atoms with Gasteiger partial charge in [-0.15, -0.1) is 0 Å². The fourth-order valence-corrected chi connectivity index (χ4v) is 5.02. The van der Waals surface area contributed by atoms with Gasteiger partial charge in [0.25, 0.3) is 0 Å². The monoisotopic (exact) mass is 346 g/mol. The lowest BCUT2D eigenvalue weighted by molar-refractivity contribution is -0.107. The van der Waals surface area contributed by atoms with Crippen LogP contribution in [0.3, 0.4) is 0 Å². The number of sulfone groups is 1. The van der Waals surface area contributed by atoms with Crippen LogP contribution >= 0.6 is 0 Å². The molecule has 128 valence electrons. The Hall–Kier alpha value is -1.69. The van der Waals surface area contributed by atoms with Crippen molar-refractivity contribution in [2.24, 2.45) is 0 Å². The second-order valence-electron chi connectivity index (χ2n) is 6.36. The van der Waals surface area contributed by atoms with E-state index in [9.17, 15) is 13.5 Å². The molecular formula is C19H22O4S. The largest absolute Gasteiger partial charge is 0.389 e. The van der Waals surface area contributed by atoms with E-state index >= 15 is 0 Å². The zero-order valence-corrected chi connectivity index (χ0v) is 14.6. The van der Waals surface area contributed by atoms with Crippen molar-refractivity contribution in [3.8, 4) is 0 Å². The molecule has 0 radical (unpaired) electrons. The summed E-state index contributed by atoms with van der Waals surface area (Å²) in [5, 5.41) is 9.57. The lowest BCUT2D eigenvalue weighted by atomic mass is 9.96. The first-order chi connectivity index (χ1) is 11.4. The predicted octanol–water partition coefficient (Wildman–Crippen LogP) is 3.05. The molecule has 0 bridgehead atoms. The number of hydrogen-bond donors (Lipinski definition) is 1. The first kappa shape index (κ1) is 17.1. The SMILES string of the molecule is Cc1ccc(S(=O)(=O)[C@H]2C[C@@H](c3ccccc3)O[C@H](C)[C@@H]2O)cc1. The van der Waals surface area contributed by atoms with Crippen LogP contribution in [0.15, 0.2) is 59.5 Å². The summed E-state index contributed by atoms with van der Waals surface area (Å²) in [5.74, 6) is 0. The van der Waals surface area contributed by atoms with E-state index in [1.807, 2.05) is 37.3 Å². The molecule has 24 heavy (non-hydrogen) atoms. The minimum absolute atomic E-state index is 0.242. The molecule has 4 nitrogen and oxygen atoms in total. The Morgan fingerprint density at radius 3 is 2.29 bits per heavy atom. The van der Waals surface area contributed by atoms with Crippen molar-refractivity contribution in [1.29, 1.82) is 0 Å². The van der Waals surface area contributed by atoms with Gasteiger partial charge in [0.05, 0.1) is 28.5 Å². The van der Waals surface area contributed by atoms with Crippen molar-refractivity contribution >= 4 is 9.84 Å². The van der Waals surface area contributed by atoms with Gasteiger partial charge >= 0.3 is 0 Å². The Balaban J connectivity index is 1.94. The zero-order valence-electron chi connectivity index (χ0n) is 13.8. The molecule has 2 aromatic carbocycles. The first-order valence-electron chi connectivity index (χ1n) is 8.08. The average Bonchev–Trinajstić information content (AvgIpc) is 2.58. The van der Waals surface area contributed by atoms with Gasteiger partial charge in [0.15, 0.2) is 9.84 Å². The third-order valence-electron chi connectivity index (χ3n) is 4.61. The highest BCUT2D eigenvalue weighted by atomic mass is 32.2. The fourth-order valence-electron chi connectivity index (χ4n) is 3.14. The number of benzene rings is 2. The van der Waals surface area contributed by atoms with Crippen LogP contribution < -0.4 is 0 Å². The summed E-state index contributed by atoms with van der Waals surface area (Å²) in [4.78, 5) is 0.248. The summed E-state index contributed by atoms with van der Waals surface area (Å²) >= 11 is 0. The normalized spacial score (nSPS) is 27.8. The van der Waals surface area contributed by atoms with E-state index < -0.39 is 27.3 Å². The van der Waals surface area contributed by atoms with Crippen LogP contribution in [-0.2, 0) is 14.6 Å². The molecule has 0 unspecified atom stereocenters. The topological polar surface area (TPSA) is 63.6 Å². The maximum atomic E-state index is 13.0. The molecule has 4 atom stereocenters. The Labute approximate surface area is 143 Å². The number of aliphatic hydroxyl groups excluding tert-OH is 1. The van der Waals surface area contributed by atoms with E-state index in [2.05, 4.69) is 0 Å². The van der Waals surface area contributed by atoms with Crippen molar-refractivity contribution in [3.05, 3.63) is 65.7 Å². The summed E-state index contributed by atoms with van der Waals surface area (Å²) in [6.07, 6.45) is -1.69. The van der Waals surface area contributed by atoms with Crippen LogP contribution in [0.1, 0.15) is 30.6 Å². The smallest absolute Gasteiger partial charge is 0.183 e. The van der Waals surface area contributed by atoms with Gasteiger partial charge < -0.3 is 9.84 Å². The van der Waals surface area contributed by atoms with Crippen molar-refractivity contribution in [3.63, 3.8) is 0 Å². The van der Waals surface area contributed by atoms with Gasteiger partial charge in [-0.1, -0.05) is 48.0 Å². The Morgan fingerprint density at radius 1 is 1.04 bits per heavy atom. The average molecular weight is 346 g/mol. The second kappa shape index (κ2) is 6.67. The van der Waals surface area contributed by atoms with Crippen molar-refractivity contribution in [2.45, 2.75) is 48.7 Å². The van der Waals surface area contributed by atoms with Crippen LogP contribution in [0.2, 0.25) is 0 Å². The fraction of sp³-hybridized carbons (Fsp3) is 0.368. The zero-order chi connectivity index (χ0) is 17.3. The number of ether oxygens (including phenoxy) is 1. The molecule has 3 rings (SSSR count). The molecular weight excluding hydrogens is 324 g/mol. The first-order valence-corrected chi connectivity index (χ1v) is 9.63. The third kappa shape index (κ3) is 3.24. The molecule has 1 aliphatic rings. The molecule has 5 heteroatoms. The van der Waals surface area contributed by atoms with Crippen LogP contribution in [-0.4, -0.2) is 31.0 Å². The molecule has 0 aromatic heterocycles. The van der Waals surface area contributed by atoms with Crippen LogP contribution in [0, 0.1) is 6.92 Å². The second-order valence-corrected chi connectivity index (χ2v) is 8.53. The molecule has 2 aromatic rings. The predicted molar refractivity (Wildman–Crippen MR) is 92.5 cm³/mol. The van der Waals surface area contributed by atoms with Crippen LogP contribution in [0.4, 0.5) is 0 Å². The van der Waals surface area contributed by atoms with Gasteiger partial charge in [-0.3, -0.25) is 0 Å². The highest BCUT2D eigenvalue weighted by Gasteiger charge is 2.43. The summed E-state index contributed by atoms with van der Waals surface area (Å²) < 4.78 is 31.9. The molecule has 1 fully saturated rings. The molecule has 0 amide bonds. The maximum absolute atomic E-state index is 13.0. The van der Waals surface area contributed by atoms with Gasteiger partial charge in [0.2, 0.25) is 0 Å². The minimum atomic E-state index is -3.63. The van der Waals surface area contributed by atoms with Gasteiger partial charge in [-0.25, -0.2) is 8.42 Å². The molecule has 0 spiro atoms. The number of aliphatic hydroxyl groups is 1. The number of aryl methyl sites for hydroxylation is 1. The summed E-state index contributed by atoms with van der Waals surface area (Å²) in [6, 6.07) is 16.3. The summed E-state index contributed by atoms with van der Waals surface area (Å²) in [5.41, 5.74) is 1.93. The molecule has 1 heterocycles. The Morgan fingerprint density at radius 2 is 1.67 bits per heavy atom. The highest BCUT2D eigenvalue weighted by molar-refractivity contribution is 7.92. The maximum Gasteiger partial charge on any atom is 0.183 e. The van der Waals surface area contributed by atoms with Gasteiger partial charge in [-0.05, 0) is 38.0 Å². The number of rotatable bonds is 3. The van der Waals surface area contributed by atoms with Crippen molar-refractivity contribution in [1.82, 2.24) is 0 Å². The van der Waals surface area contributed by atoms with E-state index in [4.69, 9.17) is 4.74 Å². The van der Waals surface area contributed by atoms with Gasteiger partial charge in [-0.2, -0.15) is 0 Å². The molecule has 1 N–H and O–H groups in total. The molecule has 0 aliphatic carbocycles. The summed E-state index contributed by atoms with van der Waals surface area (Å²) in [7, 11) is -3.63. The van der Waals surface area contributed by atoms with Crippen LogP contribution in [0.5, 0.6) is 0 Å². The molecule has 1 aliphatic heterocycles. The molecule has 0 saturated carbocycles. The highest BCUT2D eigenvalue weighted by Crippen LogP contribution is 2.36. The lowest BCUT2D eigenvalue weighted by Crippen LogP contribution is -2.47. The Kier molecular flexibility index (Phi) is 4.76. The van der Waals surface area contributed by atoms with Crippen molar-refractivity contribution < 1.29 is 18.3 Å².